The number of nitrogens with zero attached hydrogens (tertiary/aromatic N) is 3. The smallest absolute Gasteiger partial charge is 0.195 e. The molecule has 0 amide bonds. The fourth-order valence-corrected chi connectivity index (χ4v) is 3.83. The number of nitrogens with two attached hydrogens (primary N) is 1. The van der Waals surface area contributed by atoms with Gasteiger partial charge in [0.2, 0.25) is 0 Å². The Bertz CT molecular complexity index is 534. The molecule has 3 heterocycles. The molecule has 0 spiro atoms. The summed E-state index contributed by atoms with van der Waals surface area (Å²) < 4.78 is 2.13. The van der Waals surface area contributed by atoms with E-state index in [1.807, 2.05) is 0 Å². The van der Waals surface area contributed by atoms with Crippen LogP contribution in [-0.4, -0.2) is 22.5 Å². The summed E-state index contributed by atoms with van der Waals surface area (Å²) in [4.78, 5) is 8.23. The van der Waals surface area contributed by atoms with Crippen LogP contribution >= 0.6 is 11.3 Å². The molecule has 2 unspecified atom stereocenters. The molecular weight excluding hydrogens is 244 g/mol. The lowest BCUT2D eigenvalue weighted by atomic mass is 9.92. The Morgan fingerprint density at radius 2 is 2.11 bits per heavy atom. The quantitative estimate of drug-likeness (QED) is 0.905. The van der Waals surface area contributed by atoms with Crippen LogP contribution in [0.4, 0.5) is 5.82 Å². The van der Waals surface area contributed by atoms with Crippen molar-refractivity contribution in [3.05, 3.63) is 17.3 Å². The molecule has 2 atom stereocenters. The van der Waals surface area contributed by atoms with Gasteiger partial charge in [0.15, 0.2) is 10.8 Å². The van der Waals surface area contributed by atoms with Crippen LogP contribution in [0.2, 0.25) is 0 Å². The molecule has 0 saturated carbocycles. The minimum absolute atomic E-state index is 0.548. The molecular formula is C13H20N4S. The Hall–Kier alpha value is -1.07. The molecule has 2 aromatic heterocycles. The van der Waals surface area contributed by atoms with Gasteiger partial charge >= 0.3 is 0 Å². The maximum absolute atomic E-state index is 5.91. The highest BCUT2D eigenvalue weighted by Crippen LogP contribution is 2.30. The summed E-state index contributed by atoms with van der Waals surface area (Å²) in [6.07, 6.45) is 3.38. The van der Waals surface area contributed by atoms with E-state index in [0.717, 1.165) is 41.4 Å². The van der Waals surface area contributed by atoms with Gasteiger partial charge in [-0.05, 0) is 18.3 Å². The summed E-state index contributed by atoms with van der Waals surface area (Å²) in [5, 5.41) is 2.06. The van der Waals surface area contributed by atoms with Crippen LogP contribution in [-0.2, 0) is 6.54 Å². The maximum atomic E-state index is 5.91. The Labute approximate surface area is 111 Å². The number of hydrogen-bond donors (Lipinski definition) is 1. The average Bonchev–Trinajstić information content (AvgIpc) is 2.86. The van der Waals surface area contributed by atoms with E-state index in [4.69, 9.17) is 10.7 Å². The molecule has 5 heteroatoms. The van der Waals surface area contributed by atoms with E-state index in [0.29, 0.717) is 6.54 Å². The molecule has 0 bridgehead atoms. The van der Waals surface area contributed by atoms with Crippen LogP contribution < -0.4 is 10.6 Å². The predicted molar refractivity (Wildman–Crippen MR) is 76.1 cm³/mol. The maximum Gasteiger partial charge on any atom is 0.195 e. The van der Waals surface area contributed by atoms with Crippen molar-refractivity contribution in [3.63, 3.8) is 0 Å². The summed E-state index contributed by atoms with van der Waals surface area (Å²) >= 11 is 1.67. The molecule has 1 aliphatic heterocycles. The van der Waals surface area contributed by atoms with Crippen LogP contribution in [0.5, 0.6) is 0 Å². The summed E-state index contributed by atoms with van der Waals surface area (Å²) in [5.74, 6) is 2.57. The average molecular weight is 264 g/mol. The second-order valence-corrected chi connectivity index (χ2v) is 6.37. The minimum atomic E-state index is 0.548. The normalized spacial score (nSPS) is 24.9. The monoisotopic (exact) mass is 264 g/mol. The van der Waals surface area contributed by atoms with E-state index < -0.39 is 0 Å². The zero-order valence-corrected chi connectivity index (χ0v) is 11.8. The van der Waals surface area contributed by atoms with Gasteiger partial charge in [0.1, 0.15) is 0 Å². The van der Waals surface area contributed by atoms with Gasteiger partial charge in [-0.1, -0.05) is 13.8 Å². The topological polar surface area (TPSA) is 46.6 Å². The molecule has 0 radical (unpaired) electrons. The van der Waals surface area contributed by atoms with Gasteiger partial charge in [0.05, 0.1) is 5.69 Å². The third kappa shape index (κ3) is 1.91. The molecule has 18 heavy (non-hydrogen) atoms. The van der Waals surface area contributed by atoms with Crippen molar-refractivity contribution in [3.8, 4) is 0 Å². The van der Waals surface area contributed by atoms with Crippen molar-refractivity contribution in [1.82, 2.24) is 9.38 Å². The van der Waals surface area contributed by atoms with Gasteiger partial charge in [0, 0.05) is 31.2 Å². The van der Waals surface area contributed by atoms with Crippen molar-refractivity contribution in [1.29, 1.82) is 0 Å². The number of hydrogen-bond acceptors (Lipinski definition) is 4. The van der Waals surface area contributed by atoms with Crippen molar-refractivity contribution >= 4 is 22.1 Å². The van der Waals surface area contributed by atoms with Gasteiger partial charge in [-0.15, -0.1) is 11.3 Å². The second kappa shape index (κ2) is 4.55. The summed E-state index contributed by atoms with van der Waals surface area (Å²) in [6.45, 7) is 7.39. The van der Waals surface area contributed by atoms with E-state index in [-0.39, 0.29) is 0 Å². The van der Waals surface area contributed by atoms with E-state index in [9.17, 15) is 0 Å². The fourth-order valence-electron chi connectivity index (χ4n) is 3.10. The van der Waals surface area contributed by atoms with Gasteiger partial charge in [-0.3, -0.25) is 4.40 Å². The minimum Gasteiger partial charge on any atom is -0.354 e. The molecule has 2 aromatic rings. The molecule has 3 rings (SSSR count). The molecule has 0 aromatic carbocycles. The van der Waals surface area contributed by atoms with E-state index in [1.165, 1.54) is 6.42 Å². The molecule has 1 saturated heterocycles. The SMILES string of the molecule is CC1CC(C)CN(c2nc3sccn3c2CN)C1. The van der Waals surface area contributed by atoms with E-state index in [1.54, 1.807) is 11.3 Å². The van der Waals surface area contributed by atoms with E-state index >= 15 is 0 Å². The first-order valence-electron chi connectivity index (χ1n) is 6.58. The summed E-state index contributed by atoms with van der Waals surface area (Å²) in [6, 6.07) is 0. The molecule has 2 N–H and O–H groups in total. The third-order valence-corrected chi connectivity index (χ3v) is 4.46. The first-order chi connectivity index (χ1) is 8.69. The van der Waals surface area contributed by atoms with Crippen molar-refractivity contribution in [2.45, 2.75) is 26.8 Å². The Balaban J connectivity index is 1.99. The van der Waals surface area contributed by atoms with Crippen LogP contribution in [0.15, 0.2) is 11.6 Å². The van der Waals surface area contributed by atoms with Gasteiger partial charge in [-0.25, -0.2) is 4.98 Å². The zero-order chi connectivity index (χ0) is 12.7. The Kier molecular flexibility index (Phi) is 3.03. The van der Waals surface area contributed by atoms with Crippen LogP contribution in [0, 0.1) is 11.8 Å². The summed E-state index contributed by atoms with van der Waals surface area (Å²) in [5.41, 5.74) is 7.06. The number of piperidine rings is 1. The number of fused-ring (bicyclic) bond motifs is 1. The molecule has 4 nitrogen and oxygen atoms in total. The number of aromatic nitrogens is 2. The largest absolute Gasteiger partial charge is 0.354 e. The lowest BCUT2D eigenvalue weighted by Crippen LogP contribution is -2.39. The van der Waals surface area contributed by atoms with Crippen LogP contribution in [0.25, 0.3) is 4.96 Å². The van der Waals surface area contributed by atoms with Gasteiger partial charge in [-0.2, -0.15) is 0 Å². The predicted octanol–water partition coefficient (Wildman–Crippen LogP) is 2.34. The van der Waals surface area contributed by atoms with Crippen LogP contribution in [0.3, 0.4) is 0 Å². The lowest BCUT2D eigenvalue weighted by Gasteiger charge is -2.35. The van der Waals surface area contributed by atoms with Crippen molar-refractivity contribution in [2.24, 2.45) is 17.6 Å². The highest BCUT2D eigenvalue weighted by molar-refractivity contribution is 7.15. The third-order valence-electron chi connectivity index (χ3n) is 3.70. The first-order valence-corrected chi connectivity index (χ1v) is 7.46. The number of rotatable bonds is 2. The molecule has 1 aliphatic rings. The number of imidazole rings is 1. The molecule has 1 fully saturated rings. The number of anilines is 1. The zero-order valence-electron chi connectivity index (χ0n) is 11.0. The highest BCUT2D eigenvalue weighted by atomic mass is 32.1. The van der Waals surface area contributed by atoms with Crippen LogP contribution in [0.1, 0.15) is 26.0 Å². The summed E-state index contributed by atoms with van der Waals surface area (Å²) in [7, 11) is 0. The van der Waals surface area contributed by atoms with Gasteiger partial charge < -0.3 is 10.6 Å². The number of thiazole rings is 1. The van der Waals surface area contributed by atoms with Crippen molar-refractivity contribution < 1.29 is 0 Å². The first kappa shape index (κ1) is 12.0. The Morgan fingerprint density at radius 3 is 2.78 bits per heavy atom. The molecule has 0 aliphatic carbocycles. The van der Waals surface area contributed by atoms with Gasteiger partial charge in [0.25, 0.3) is 0 Å². The second-order valence-electron chi connectivity index (χ2n) is 5.49. The highest BCUT2D eigenvalue weighted by Gasteiger charge is 2.26. The standard InChI is InChI=1S/C13H20N4S/c1-9-5-10(2)8-16(7-9)12-11(6-14)17-3-4-18-13(17)15-12/h3-4,9-10H,5-8,14H2,1-2H3. The Morgan fingerprint density at radius 1 is 1.39 bits per heavy atom. The lowest BCUT2D eigenvalue weighted by molar-refractivity contribution is 0.355. The fraction of sp³-hybridized carbons (Fsp3) is 0.615. The molecule has 98 valence electrons. The van der Waals surface area contributed by atoms with Crippen molar-refractivity contribution in [2.75, 3.05) is 18.0 Å². The van der Waals surface area contributed by atoms with E-state index in [2.05, 4.69) is 34.7 Å².